The van der Waals surface area contributed by atoms with E-state index in [2.05, 4.69) is 17.1 Å². The Morgan fingerprint density at radius 1 is 1.30 bits per heavy atom. The van der Waals surface area contributed by atoms with Crippen LogP contribution in [-0.2, 0) is 6.18 Å². The molecule has 0 aromatic heterocycles. The van der Waals surface area contributed by atoms with E-state index in [9.17, 15) is 13.2 Å². The highest BCUT2D eigenvalue weighted by molar-refractivity contribution is 5.50. The van der Waals surface area contributed by atoms with Crippen molar-refractivity contribution in [1.82, 2.24) is 5.32 Å². The summed E-state index contributed by atoms with van der Waals surface area (Å²) in [6.45, 7) is 4.54. The maximum Gasteiger partial charge on any atom is 0.416 e. The first kappa shape index (κ1) is 13.7. The van der Waals surface area contributed by atoms with Crippen molar-refractivity contribution < 1.29 is 13.2 Å². The van der Waals surface area contributed by atoms with E-state index < -0.39 is 11.7 Å². The molecule has 20 heavy (non-hydrogen) atoms. The lowest BCUT2D eigenvalue weighted by Crippen LogP contribution is -2.60. The summed E-state index contributed by atoms with van der Waals surface area (Å²) in [4.78, 5) is 2.07. The van der Waals surface area contributed by atoms with Gasteiger partial charge < -0.3 is 10.2 Å². The number of nitrogens with one attached hydrogen (secondary N) is 1. The van der Waals surface area contributed by atoms with Crippen molar-refractivity contribution >= 4 is 5.69 Å². The van der Waals surface area contributed by atoms with Gasteiger partial charge in [0.05, 0.1) is 5.56 Å². The number of hydrogen-bond acceptors (Lipinski definition) is 2. The van der Waals surface area contributed by atoms with E-state index >= 15 is 0 Å². The van der Waals surface area contributed by atoms with Crippen LogP contribution in [-0.4, -0.2) is 25.2 Å². The van der Waals surface area contributed by atoms with Crippen molar-refractivity contribution in [1.29, 1.82) is 0 Å². The molecule has 0 radical (unpaired) electrons. The van der Waals surface area contributed by atoms with Crippen molar-refractivity contribution in [2.45, 2.75) is 31.5 Å². The third kappa shape index (κ3) is 2.64. The molecule has 3 rings (SSSR count). The summed E-state index contributed by atoms with van der Waals surface area (Å²) in [6.07, 6.45) is -1.83. The molecule has 0 amide bonds. The molecule has 1 heterocycles. The molecule has 1 aliphatic carbocycles. The molecule has 0 bridgehead atoms. The van der Waals surface area contributed by atoms with Crippen LogP contribution in [0.25, 0.3) is 0 Å². The lowest BCUT2D eigenvalue weighted by molar-refractivity contribution is -0.137. The standard InChI is InChI=1S/C15H19F3N2/c1-14(11-5-6-11)10-20(8-7-19-14)13-4-2-3-12(9-13)15(16,17)18/h2-4,9,11,19H,5-8,10H2,1H3. The predicted molar refractivity (Wildman–Crippen MR) is 72.8 cm³/mol. The third-order valence-corrected chi connectivity index (χ3v) is 4.45. The summed E-state index contributed by atoms with van der Waals surface area (Å²) in [5, 5.41) is 3.54. The molecule has 1 saturated carbocycles. The van der Waals surface area contributed by atoms with Gasteiger partial charge in [0.15, 0.2) is 0 Å². The van der Waals surface area contributed by atoms with Crippen LogP contribution in [0.1, 0.15) is 25.3 Å². The number of hydrogen-bond donors (Lipinski definition) is 1. The third-order valence-electron chi connectivity index (χ3n) is 4.45. The van der Waals surface area contributed by atoms with E-state index in [1.807, 2.05) is 0 Å². The largest absolute Gasteiger partial charge is 0.416 e. The second-order valence-corrected chi connectivity index (χ2v) is 6.09. The molecule has 110 valence electrons. The zero-order valence-corrected chi connectivity index (χ0v) is 11.5. The van der Waals surface area contributed by atoms with Crippen LogP contribution in [0.2, 0.25) is 0 Å². The summed E-state index contributed by atoms with van der Waals surface area (Å²) in [6, 6.07) is 5.66. The van der Waals surface area contributed by atoms with E-state index in [1.54, 1.807) is 6.07 Å². The average Bonchev–Trinajstić information content (AvgIpc) is 3.23. The van der Waals surface area contributed by atoms with Crippen LogP contribution in [0.3, 0.4) is 0 Å². The fourth-order valence-corrected chi connectivity index (χ4v) is 3.10. The first-order chi connectivity index (χ1) is 9.38. The number of nitrogens with zero attached hydrogens (tertiary/aromatic N) is 1. The Bertz CT molecular complexity index is 496. The summed E-state index contributed by atoms with van der Waals surface area (Å²) in [5.74, 6) is 0.663. The minimum atomic E-state index is -4.27. The van der Waals surface area contributed by atoms with Crippen LogP contribution in [0.4, 0.5) is 18.9 Å². The maximum atomic E-state index is 12.8. The predicted octanol–water partition coefficient (Wildman–Crippen LogP) is 3.28. The minimum Gasteiger partial charge on any atom is -0.368 e. The van der Waals surface area contributed by atoms with Crippen LogP contribution >= 0.6 is 0 Å². The van der Waals surface area contributed by atoms with Gasteiger partial charge in [0.1, 0.15) is 0 Å². The topological polar surface area (TPSA) is 15.3 Å². The van der Waals surface area contributed by atoms with E-state index in [0.29, 0.717) is 11.6 Å². The smallest absolute Gasteiger partial charge is 0.368 e. The number of anilines is 1. The Morgan fingerprint density at radius 3 is 2.70 bits per heavy atom. The van der Waals surface area contributed by atoms with Crippen molar-refractivity contribution in [3.05, 3.63) is 29.8 Å². The van der Waals surface area contributed by atoms with Gasteiger partial charge in [-0.05, 0) is 43.9 Å². The van der Waals surface area contributed by atoms with Crippen molar-refractivity contribution in [3.8, 4) is 0 Å². The normalized spacial score (nSPS) is 27.7. The Kier molecular flexibility index (Phi) is 3.20. The second kappa shape index (κ2) is 4.65. The molecule has 5 heteroatoms. The van der Waals surface area contributed by atoms with E-state index in [4.69, 9.17) is 0 Å². The fraction of sp³-hybridized carbons (Fsp3) is 0.600. The molecule has 1 aromatic rings. The molecule has 2 fully saturated rings. The number of alkyl halides is 3. The highest BCUT2D eigenvalue weighted by atomic mass is 19.4. The Morgan fingerprint density at radius 2 is 2.05 bits per heavy atom. The van der Waals surface area contributed by atoms with Crippen molar-refractivity contribution in [3.63, 3.8) is 0 Å². The molecule has 2 nitrogen and oxygen atoms in total. The molecule has 2 aliphatic rings. The fourth-order valence-electron chi connectivity index (χ4n) is 3.10. The number of benzene rings is 1. The highest BCUT2D eigenvalue weighted by Gasteiger charge is 2.44. The first-order valence-electron chi connectivity index (χ1n) is 7.06. The number of piperazine rings is 1. The number of rotatable bonds is 2. The zero-order valence-electron chi connectivity index (χ0n) is 11.5. The van der Waals surface area contributed by atoms with Gasteiger partial charge in [-0.3, -0.25) is 0 Å². The first-order valence-corrected chi connectivity index (χ1v) is 7.06. The zero-order chi connectivity index (χ0) is 14.4. The summed E-state index contributed by atoms with van der Waals surface area (Å²) in [7, 11) is 0. The Hall–Kier alpha value is -1.23. The molecule has 1 saturated heterocycles. The van der Waals surface area contributed by atoms with Gasteiger partial charge in [-0.15, -0.1) is 0 Å². The molecule has 1 atom stereocenters. The summed E-state index contributed by atoms with van der Waals surface area (Å²) < 4.78 is 38.4. The van der Waals surface area contributed by atoms with Crippen LogP contribution < -0.4 is 10.2 Å². The number of halogens is 3. The van der Waals surface area contributed by atoms with Gasteiger partial charge >= 0.3 is 6.18 Å². The molecule has 1 aromatic carbocycles. The van der Waals surface area contributed by atoms with Gasteiger partial charge in [-0.2, -0.15) is 13.2 Å². The Labute approximate surface area is 117 Å². The summed E-state index contributed by atoms with van der Waals surface area (Å²) >= 11 is 0. The van der Waals surface area contributed by atoms with Crippen molar-refractivity contribution in [2.24, 2.45) is 5.92 Å². The molecule has 1 unspecified atom stereocenters. The van der Waals surface area contributed by atoms with Crippen LogP contribution in [0.15, 0.2) is 24.3 Å². The molecule has 1 aliphatic heterocycles. The summed E-state index contributed by atoms with van der Waals surface area (Å²) in [5.41, 5.74) is 0.141. The molecule has 0 spiro atoms. The van der Waals surface area contributed by atoms with Gasteiger partial charge in [-0.25, -0.2) is 0 Å². The average molecular weight is 284 g/mol. The van der Waals surface area contributed by atoms with Gasteiger partial charge in [0.2, 0.25) is 0 Å². The van der Waals surface area contributed by atoms with E-state index in [1.165, 1.54) is 25.0 Å². The van der Waals surface area contributed by atoms with E-state index in [-0.39, 0.29) is 5.54 Å². The minimum absolute atomic E-state index is 0.0342. The van der Waals surface area contributed by atoms with E-state index in [0.717, 1.165) is 25.7 Å². The quantitative estimate of drug-likeness (QED) is 0.896. The van der Waals surface area contributed by atoms with Gasteiger partial charge in [0, 0.05) is 30.9 Å². The molecular formula is C15H19F3N2. The Balaban J connectivity index is 1.82. The lowest BCUT2D eigenvalue weighted by atomic mass is 9.92. The highest BCUT2D eigenvalue weighted by Crippen LogP contribution is 2.41. The monoisotopic (exact) mass is 284 g/mol. The van der Waals surface area contributed by atoms with Crippen LogP contribution in [0, 0.1) is 5.92 Å². The van der Waals surface area contributed by atoms with Crippen molar-refractivity contribution in [2.75, 3.05) is 24.5 Å². The van der Waals surface area contributed by atoms with Gasteiger partial charge in [-0.1, -0.05) is 6.07 Å². The maximum absolute atomic E-state index is 12.8. The lowest BCUT2D eigenvalue weighted by Gasteiger charge is -2.43. The second-order valence-electron chi connectivity index (χ2n) is 6.09. The SMILES string of the molecule is CC1(C2CC2)CN(c2cccc(C(F)(F)F)c2)CCN1. The molecular weight excluding hydrogens is 265 g/mol. The van der Waals surface area contributed by atoms with Crippen LogP contribution in [0.5, 0.6) is 0 Å². The molecule has 1 N–H and O–H groups in total. The van der Waals surface area contributed by atoms with Gasteiger partial charge in [0.25, 0.3) is 0 Å².